The first-order valence-corrected chi connectivity index (χ1v) is 10.4. The van der Waals surface area contributed by atoms with Gasteiger partial charge in [-0.25, -0.2) is 13.1 Å². The van der Waals surface area contributed by atoms with E-state index in [1.165, 1.54) is 12.8 Å². The molecule has 0 bridgehead atoms. The Morgan fingerprint density at radius 2 is 1.92 bits per heavy atom. The Bertz CT molecular complexity index is 825. The molecule has 1 aliphatic heterocycles. The van der Waals surface area contributed by atoms with E-state index >= 15 is 0 Å². The molecule has 2 N–H and O–H groups in total. The molecule has 25 heavy (non-hydrogen) atoms. The third-order valence-corrected chi connectivity index (χ3v) is 6.43. The van der Waals surface area contributed by atoms with Crippen LogP contribution in [0.3, 0.4) is 0 Å². The first-order chi connectivity index (χ1) is 12.1. The molecule has 1 saturated heterocycles. The summed E-state index contributed by atoms with van der Waals surface area (Å²) in [5.74, 6) is 0.643. The van der Waals surface area contributed by atoms with Crippen molar-refractivity contribution in [1.29, 1.82) is 0 Å². The Kier molecular flexibility index (Phi) is 5.87. The molecule has 0 saturated carbocycles. The van der Waals surface area contributed by atoms with Crippen molar-refractivity contribution < 1.29 is 8.42 Å². The molecular formula is C16H20BrN5O2S. The molecular weight excluding hydrogens is 406 g/mol. The van der Waals surface area contributed by atoms with E-state index in [4.69, 9.17) is 0 Å². The third kappa shape index (κ3) is 4.68. The highest BCUT2D eigenvalue weighted by Crippen LogP contribution is 2.21. The molecule has 2 heterocycles. The number of nitrogens with zero attached hydrogens (tertiary/aromatic N) is 3. The number of hydrogen-bond acceptors (Lipinski definition) is 6. The highest BCUT2D eigenvalue weighted by atomic mass is 79.9. The van der Waals surface area contributed by atoms with E-state index in [2.05, 4.69) is 41.1 Å². The van der Waals surface area contributed by atoms with Gasteiger partial charge in [-0.15, -0.1) is 5.10 Å². The third-order valence-electron chi connectivity index (χ3n) is 3.96. The molecule has 7 nitrogen and oxygen atoms in total. The summed E-state index contributed by atoms with van der Waals surface area (Å²) in [6.07, 6.45) is 4.15. The fourth-order valence-corrected chi connectivity index (χ4v) is 4.74. The van der Waals surface area contributed by atoms with E-state index < -0.39 is 10.0 Å². The molecule has 1 fully saturated rings. The SMILES string of the molecule is O=S(=O)(NCCNc1cc(N2CCCC2)cnn1)c1ccccc1Br. The van der Waals surface area contributed by atoms with Crippen LogP contribution in [0.25, 0.3) is 0 Å². The van der Waals surface area contributed by atoms with Crippen LogP contribution in [-0.2, 0) is 10.0 Å². The van der Waals surface area contributed by atoms with E-state index in [0.717, 1.165) is 18.8 Å². The lowest BCUT2D eigenvalue weighted by molar-refractivity contribution is 0.582. The molecule has 1 aromatic carbocycles. The Balaban J connectivity index is 1.53. The number of halogens is 1. The molecule has 0 spiro atoms. The number of sulfonamides is 1. The van der Waals surface area contributed by atoms with Gasteiger partial charge in [0.25, 0.3) is 0 Å². The Morgan fingerprint density at radius 3 is 2.68 bits per heavy atom. The summed E-state index contributed by atoms with van der Waals surface area (Å²) < 4.78 is 27.7. The average Bonchev–Trinajstić information content (AvgIpc) is 3.14. The standard InChI is InChI=1S/C16H20BrN5O2S/c17-14-5-1-2-6-15(14)25(23,24)20-8-7-18-16-11-13(12-19-21-16)22-9-3-4-10-22/h1-2,5-6,11-12,20H,3-4,7-10H2,(H,18,21). The second-order valence-corrected chi connectivity index (χ2v) is 8.34. The topological polar surface area (TPSA) is 87.2 Å². The minimum absolute atomic E-state index is 0.228. The van der Waals surface area contributed by atoms with Gasteiger partial charge in [-0.3, -0.25) is 0 Å². The van der Waals surface area contributed by atoms with Gasteiger partial charge >= 0.3 is 0 Å². The first-order valence-electron chi connectivity index (χ1n) is 8.12. The largest absolute Gasteiger partial charge is 0.370 e. The van der Waals surface area contributed by atoms with Crippen LogP contribution < -0.4 is 14.9 Å². The van der Waals surface area contributed by atoms with Gasteiger partial charge in [-0.2, -0.15) is 5.10 Å². The number of hydrogen-bond donors (Lipinski definition) is 2. The zero-order chi connectivity index (χ0) is 17.7. The van der Waals surface area contributed by atoms with Crippen LogP contribution in [0.5, 0.6) is 0 Å². The van der Waals surface area contributed by atoms with Crippen molar-refractivity contribution in [3.8, 4) is 0 Å². The number of benzene rings is 1. The number of rotatable bonds is 7. The number of aromatic nitrogens is 2. The van der Waals surface area contributed by atoms with Crippen molar-refractivity contribution in [3.05, 3.63) is 41.0 Å². The summed E-state index contributed by atoms with van der Waals surface area (Å²) >= 11 is 3.26. The maximum atomic E-state index is 12.3. The summed E-state index contributed by atoms with van der Waals surface area (Å²) in [6, 6.07) is 8.67. The zero-order valence-electron chi connectivity index (χ0n) is 13.7. The van der Waals surface area contributed by atoms with E-state index in [9.17, 15) is 8.42 Å². The highest BCUT2D eigenvalue weighted by molar-refractivity contribution is 9.10. The van der Waals surface area contributed by atoms with Crippen LogP contribution in [0.15, 0.2) is 45.9 Å². The first kappa shape index (κ1) is 18.1. The molecule has 0 unspecified atom stereocenters. The van der Waals surface area contributed by atoms with Crippen LogP contribution in [0.4, 0.5) is 11.5 Å². The van der Waals surface area contributed by atoms with Crippen LogP contribution >= 0.6 is 15.9 Å². The minimum Gasteiger partial charge on any atom is -0.370 e. The van der Waals surface area contributed by atoms with Crippen LogP contribution in [0, 0.1) is 0 Å². The summed E-state index contributed by atoms with van der Waals surface area (Å²) in [4.78, 5) is 2.50. The van der Waals surface area contributed by atoms with E-state index in [1.54, 1.807) is 30.5 Å². The van der Waals surface area contributed by atoms with E-state index in [-0.39, 0.29) is 11.4 Å². The molecule has 2 aromatic rings. The van der Waals surface area contributed by atoms with Crippen LogP contribution in [0.2, 0.25) is 0 Å². The van der Waals surface area contributed by atoms with Crippen LogP contribution in [-0.4, -0.2) is 44.8 Å². The van der Waals surface area contributed by atoms with Crippen LogP contribution in [0.1, 0.15) is 12.8 Å². The molecule has 3 rings (SSSR count). The molecule has 0 amide bonds. The summed E-state index contributed by atoms with van der Waals surface area (Å²) in [6.45, 7) is 2.74. The Hall–Kier alpha value is -1.71. The van der Waals surface area contributed by atoms with Gasteiger partial charge in [0.2, 0.25) is 10.0 Å². The average molecular weight is 426 g/mol. The lowest BCUT2D eigenvalue weighted by Gasteiger charge is -2.17. The molecule has 1 aliphatic rings. The maximum absolute atomic E-state index is 12.3. The molecule has 0 aliphatic carbocycles. The summed E-state index contributed by atoms with van der Waals surface area (Å²) in [5, 5.41) is 11.2. The second-order valence-electron chi connectivity index (χ2n) is 5.75. The van der Waals surface area contributed by atoms with Crippen molar-refractivity contribution in [3.63, 3.8) is 0 Å². The van der Waals surface area contributed by atoms with Gasteiger partial charge in [0, 0.05) is 36.7 Å². The molecule has 9 heteroatoms. The lowest BCUT2D eigenvalue weighted by Crippen LogP contribution is -2.29. The number of anilines is 2. The van der Waals surface area contributed by atoms with Crippen molar-refractivity contribution in [2.24, 2.45) is 0 Å². The molecule has 0 atom stereocenters. The molecule has 1 aromatic heterocycles. The van der Waals surface area contributed by atoms with Gasteiger partial charge in [-0.1, -0.05) is 12.1 Å². The van der Waals surface area contributed by atoms with Crippen molar-refractivity contribution in [2.75, 3.05) is 36.4 Å². The summed E-state index contributed by atoms with van der Waals surface area (Å²) in [7, 11) is -3.55. The van der Waals surface area contributed by atoms with Gasteiger partial charge < -0.3 is 10.2 Å². The molecule has 134 valence electrons. The van der Waals surface area contributed by atoms with Gasteiger partial charge in [0.1, 0.15) is 0 Å². The Morgan fingerprint density at radius 1 is 1.16 bits per heavy atom. The fourth-order valence-electron chi connectivity index (χ4n) is 2.71. The van der Waals surface area contributed by atoms with Gasteiger partial charge in [0.15, 0.2) is 5.82 Å². The second kappa shape index (κ2) is 8.11. The summed E-state index contributed by atoms with van der Waals surface area (Å²) in [5.41, 5.74) is 1.05. The normalized spacial score (nSPS) is 14.7. The van der Waals surface area contributed by atoms with Crippen molar-refractivity contribution in [2.45, 2.75) is 17.7 Å². The quantitative estimate of drug-likeness (QED) is 0.661. The predicted octanol–water partition coefficient (Wildman–Crippen LogP) is 2.23. The zero-order valence-corrected chi connectivity index (χ0v) is 16.1. The van der Waals surface area contributed by atoms with E-state index in [1.807, 2.05) is 6.07 Å². The fraction of sp³-hybridized carbons (Fsp3) is 0.375. The lowest BCUT2D eigenvalue weighted by atomic mass is 10.4. The highest BCUT2D eigenvalue weighted by Gasteiger charge is 2.16. The Labute approximate surface area is 156 Å². The van der Waals surface area contributed by atoms with Crippen molar-refractivity contribution >= 4 is 37.5 Å². The van der Waals surface area contributed by atoms with Gasteiger partial charge in [-0.05, 0) is 40.9 Å². The smallest absolute Gasteiger partial charge is 0.241 e. The molecule has 0 radical (unpaired) electrons. The number of nitrogens with one attached hydrogen (secondary N) is 2. The van der Waals surface area contributed by atoms with E-state index in [0.29, 0.717) is 16.8 Å². The maximum Gasteiger partial charge on any atom is 0.241 e. The van der Waals surface area contributed by atoms with Gasteiger partial charge in [0.05, 0.1) is 16.8 Å². The monoisotopic (exact) mass is 425 g/mol. The van der Waals surface area contributed by atoms with Crippen molar-refractivity contribution in [1.82, 2.24) is 14.9 Å². The predicted molar refractivity (Wildman–Crippen MR) is 101 cm³/mol. The minimum atomic E-state index is -3.55.